The lowest BCUT2D eigenvalue weighted by Gasteiger charge is -2.31. The molecule has 0 saturated heterocycles. The van der Waals surface area contributed by atoms with Gasteiger partial charge in [0.25, 0.3) is 0 Å². The monoisotopic (exact) mass is 266 g/mol. The Hall–Kier alpha value is -0.910. The van der Waals surface area contributed by atoms with Crippen molar-refractivity contribution < 1.29 is 4.74 Å². The molecule has 1 heterocycles. The van der Waals surface area contributed by atoms with E-state index in [1.807, 2.05) is 12.5 Å². The third kappa shape index (κ3) is 3.55. The quantitative estimate of drug-likeness (QED) is 0.734. The molecule has 0 aromatic carbocycles. The molecule has 1 aliphatic rings. The summed E-state index contributed by atoms with van der Waals surface area (Å²) >= 11 is 0. The SMILES string of the molecule is CCCn1cncc1C(CN)N(CCOC)C1CC1. The van der Waals surface area contributed by atoms with Gasteiger partial charge in [-0.05, 0) is 19.3 Å². The number of aromatic nitrogens is 2. The summed E-state index contributed by atoms with van der Waals surface area (Å²) in [5.41, 5.74) is 7.29. The molecule has 2 rings (SSSR count). The van der Waals surface area contributed by atoms with Crippen LogP contribution in [0.3, 0.4) is 0 Å². The molecule has 108 valence electrons. The Morgan fingerprint density at radius 1 is 1.58 bits per heavy atom. The van der Waals surface area contributed by atoms with Crippen molar-refractivity contribution in [2.45, 2.75) is 44.8 Å². The zero-order chi connectivity index (χ0) is 13.7. The first-order chi connectivity index (χ1) is 9.31. The predicted octanol–water partition coefficient (Wildman–Crippen LogP) is 1.40. The van der Waals surface area contributed by atoms with Crippen LogP contribution in [0.5, 0.6) is 0 Å². The third-order valence-corrected chi connectivity index (χ3v) is 3.74. The molecule has 1 fully saturated rings. The number of nitrogens with two attached hydrogens (primary N) is 1. The third-order valence-electron chi connectivity index (χ3n) is 3.74. The van der Waals surface area contributed by atoms with Gasteiger partial charge in [0.15, 0.2) is 0 Å². The number of methoxy groups -OCH3 is 1. The Morgan fingerprint density at radius 3 is 2.95 bits per heavy atom. The molecule has 0 spiro atoms. The Morgan fingerprint density at radius 2 is 2.37 bits per heavy atom. The van der Waals surface area contributed by atoms with Crippen molar-refractivity contribution in [1.82, 2.24) is 14.5 Å². The second-order valence-electron chi connectivity index (χ2n) is 5.23. The van der Waals surface area contributed by atoms with Crippen LogP contribution in [0.2, 0.25) is 0 Å². The molecule has 1 aliphatic carbocycles. The van der Waals surface area contributed by atoms with Crippen LogP contribution < -0.4 is 5.73 Å². The molecule has 0 amide bonds. The first-order valence-corrected chi connectivity index (χ1v) is 7.26. The highest BCUT2D eigenvalue weighted by molar-refractivity contribution is 5.08. The summed E-state index contributed by atoms with van der Waals surface area (Å²) in [4.78, 5) is 6.79. The van der Waals surface area contributed by atoms with Crippen LogP contribution in [0.1, 0.15) is 37.9 Å². The Labute approximate surface area is 115 Å². The molecule has 0 radical (unpaired) electrons. The van der Waals surface area contributed by atoms with E-state index in [0.29, 0.717) is 12.6 Å². The Kier molecular flexibility index (Phi) is 5.36. The highest BCUT2D eigenvalue weighted by atomic mass is 16.5. The van der Waals surface area contributed by atoms with E-state index in [4.69, 9.17) is 10.5 Å². The van der Waals surface area contributed by atoms with Crippen molar-refractivity contribution in [3.05, 3.63) is 18.2 Å². The Balaban J connectivity index is 2.13. The van der Waals surface area contributed by atoms with Crippen LogP contribution in [0, 0.1) is 0 Å². The molecule has 1 aromatic heterocycles. The van der Waals surface area contributed by atoms with Crippen LogP contribution in [0.4, 0.5) is 0 Å². The molecule has 19 heavy (non-hydrogen) atoms. The van der Waals surface area contributed by atoms with Gasteiger partial charge in [-0.15, -0.1) is 0 Å². The predicted molar refractivity (Wildman–Crippen MR) is 75.9 cm³/mol. The molecule has 1 atom stereocenters. The van der Waals surface area contributed by atoms with Crippen molar-refractivity contribution >= 4 is 0 Å². The fourth-order valence-corrected chi connectivity index (χ4v) is 2.66. The van der Waals surface area contributed by atoms with E-state index in [0.717, 1.165) is 26.1 Å². The van der Waals surface area contributed by atoms with Crippen molar-refractivity contribution in [3.63, 3.8) is 0 Å². The summed E-state index contributed by atoms with van der Waals surface area (Å²) < 4.78 is 7.47. The second-order valence-corrected chi connectivity index (χ2v) is 5.23. The number of imidazole rings is 1. The summed E-state index contributed by atoms with van der Waals surface area (Å²) in [5.74, 6) is 0. The molecule has 0 aliphatic heterocycles. The number of rotatable bonds is 9. The summed E-state index contributed by atoms with van der Waals surface area (Å²) in [6.07, 6.45) is 7.56. The first-order valence-electron chi connectivity index (χ1n) is 7.26. The maximum Gasteiger partial charge on any atom is 0.0948 e. The van der Waals surface area contributed by atoms with Gasteiger partial charge in [0.1, 0.15) is 0 Å². The van der Waals surface area contributed by atoms with Gasteiger partial charge in [-0.25, -0.2) is 4.98 Å². The van der Waals surface area contributed by atoms with Crippen molar-refractivity contribution in [3.8, 4) is 0 Å². The maximum atomic E-state index is 6.04. The number of hydrogen-bond donors (Lipinski definition) is 1. The molecule has 5 nitrogen and oxygen atoms in total. The average molecular weight is 266 g/mol. The van der Waals surface area contributed by atoms with Crippen LogP contribution in [0.15, 0.2) is 12.5 Å². The lowest BCUT2D eigenvalue weighted by molar-refractivity contribution is 0.112. The van der Waals surface area contributed by atoms with E-state index in [2.05, 4.69) is 21.4 Å². The van der Waals surface area contributed by atoms with Crippen molar-refractivity contribution in [1.29, 1.82) is 0 Å². The van der Waals surface area contributed by atoms with Crippen LogP contribution in [0.25, 0.3) is 0 Å². The molecular weight excluding hydrogens is 240 g/mol. The number of aryl methyl sites for hydroxylation is 1. The van der Waals surface area contributed by atoms with E-state index in [1.54, 1.807) is 7.11 Å². The molecule has 5 heteroatoms. The van der Waals surface area contributed by atoms with E-state index in [-0.39, 0.29) is 6.04 Å². The minimum absolute atomic E-state index is 0.261. The zero-order valence-electron chi connectivity index (χ0n) is 12.1. The highest BCUT2D eigenvalue weighted by Crippen LogP contribution is 2.33. The normalized spacial score (nSPS) is 17.1. The average Bonchev–Trinajstić information content (AvgIpc) is 3.16. The topological polar surface area (TPSA) is 56.3 Å². The Bertz CT molecular complexity index is 375. The molecular formula is C14H26N4O. The van der Waals surface area contributed by atoms with Gasteiger partial charge in [0.2, 0.25) is 0 Å². The first kappa shape index (κ1) is 14.5. The fraction of sp³-hybridized carbons (Fsp3) is 0.786. The maximum absolute atomic E-state index is 6.04. The summed E-state index contributed by atoms with van der Waals surface area (Å²) in [5, 5.41) is 0. The van der Waals surface area contributed by atoms with Gasteiger partial charge in [-0.2, -0.15) is 0 Å². The van der Waals surface area contributed by atoms with Gasteiger partial charge >= 0.3 is 0 Å². The van der Waals surface area contributed by atoms with E-state index in [1.165, 1.54) is 18.5 Å². The largest absolute Gasteiger partial charge is 0.383 e. The molecule has 1 unspecified atom stereocenters. The summed E-state index contributed by atoms with van der Waals surface area (Å²) in [7, 11) is 1.75. The van der Waals surface area contributed by atoms with Gasteiger partial charge in [-0.3, -0.25) is 4.90 Å². The lowest BCUT2D eigenvalue weighted by atomic mass is 10.1. The van der Waals surface area contributed by atoms with Crippen LogP contribution in [-0.4, -0.2) is 47.3 Å². The summed E-state index contributed by atoms with van der Waals surface area (Å²) in [6.45, 7) is 5.53. The fourth-order valence-electron chi connectivity index (χ4n) is 2.66. The van der Waals surface area contributed by atoms with Crippen molar-refractivity contribution in [2.24, 2.45) is 5.73 Å². The number of nitrogens with zero attached hydrogens (tertiary/aromatic N) is 3. The van der Waals surface area contributed by atoms with E-state index < -0.39 is 0 Å². The van der Waals surface area contributed by atoms with Gasteiger partial charge < -0.3 is 15.0 Å². The highest BCUT2D eigenvalue weighted by Gasteiger charge is 2.34. The van der Waals surface area contributed by atoms with Gasteiger partial charge in [-0.1, -0.05) is 6.92 Å². The van der Waals surface area contributed by atoms with Crippen LogP contribution in [-0.2, 0) is 11.3 Å². The smallest absolute Gasteiger partial charge is 0.0948 e. The molecule has 1 saturated carbocycles. The minimum Gasteiger partial charge on any atom is -0.383 e. The molecule has 1 aromatic rings. The summed E-state index contributed by atoms with van der Waals surface area (Å²) in [6, 6.07) is 0.936. The molecule has 0 bridgehead atoms. The van der Waals surface area contributed by atoms with Gasteiger partial charge in [0.05, 0.1) is 24.7 Å². The van der Waals surface area contributed by atoms with Crippen LogP contribution >= 0.6 is 0 Å². The molecule has 2 N–H and O–H groups in total. The van der Waals surface area contributed by atoms with Crippen molar-refractivity contribution in [2.75, 3.05) is 26.8 Å². The van der Waals surface area contributed by atoms with Gasteiger partial charge in [0, 0.05) is 39.0 Å². The number of hydrogen-bond acceptors (Lipinski definition) is 4. The zero-order valence-corrected chi connectivity index (χ0v) is 12.1. The van der Waals surface area contributed by atoms with E-state index >= 15 is 0 Å². The second kappa shape index (κ2) is 7.03. The van der Waals surface area contributed by atoms with E-state index in [9.17, 15) is 0 Å². The number of ether oxygens (including phenoxy) is 1. The minimum atomic E-state index is 0.261. The lowest BCUT2D eigenvalue weighted by Crippen LogP contribution is -2.38. The standard InChI is InChI=1S/C14H26N4O/c1-3-6-17-11-16-10-14(17)13(9-15)18(7-8-19-2)12-4-5-12/h10-13H,3-9,15H2,1-2H3.